The zero-order valence-electron chi connectivity index (χ0n) is 26.4. The topological polar surface area (TPSA) is 147 Å². The maximum Gasteiger partial charge on any atom is 0.272 e. The lowest BCUT2D eigenvalue weighted by Gasteiger charge is -2.12. The first-order valence-corrected chi connectivity index (χ1v) is 15.2. The van der Waals surface area contributed by atoms with Crippen molar-refractivity contribution in [3.63, 3.8) is 0 Å². The number of rotatable bonds is 12. The summed E-state index contributed by atoms with van der Waals surface area (Å²) >= 11 is 11.8. The van der Waals surface area contributed by atoms with E-state index in [0.717, 1.165) is 13.0 Å². The van der Waals surface area contributed by atoms with Gasteiger partial charge in [0.05, 0.1) is 27.6 Å². The predicted molar refractivity (Wildman–Crippen MR) is 179 cm³/mol. The zero-order chi connectivity index (χ0) is 33.7. The summed E-state index contributed by atoms with van der Waals surface area (Å²) in [4.78, 5) is 57.9. The molecule has 0 aliphatic heterocycles. The summed E-state index contributed by atoms with van der Waals surface area (Å²) in [6.07, 6.45) is 7.06. The van der Waals surface area contributed by atoms with Crippen LogP contribution >= 0.6 is 23.2 Å². The molecule has 0 saturated heterocycles. The molecule has 4 amide bonds. The van der Waals surface area contributed by atoms with Gasteiger partial charge in [-0.2, -0.15) is 0 Å². The van der Waals surface area contributed by atoms with E-state index in [4.69, 9.17) is 23.2 Å². The van der Waals surface area contributed by atoms with Gasteiger partial charge in [-0.15, -0.1) is 0 Å². The molecule has 0 unspecified atom stereocenters. The van der Waals surface area contributed by atoms with Crippen molar-refractivity contribution in [3.05, 3.63) is 81.9 Å². The standard InChI is InChI=1S/C31H37Cl2N9O4/c1-18(2)42-17-22(13-26(42)31(46)37-21-11-24(40(5)16-21)29(44)34-8-7-9-39(3)4)38-30(45)25-12-20(15-41(25)6)36-28(43)19-10-23(32)27(33)35-14-19/h10-18H,7-9H2,1-6H3,(H,34,44)(H,36,43)(H,37,46)(H,38,45). The van der Waals surface area contributed by atoms with E-state index in [2.05, 4.69) is 26.3 Å². The summed E-state index contributed by atoms with van der Waals surface area (Å²) in [7, 11) is 7.35. The van der Waals surface area contributed by atoms with Gasteiger partial charge in [0.2, 0.25) is 0 Å². The molecule has 4 heterocycles. The van der Waals surface area contributed by atoms with Crippen LogP contribution in [-0.4, -0.2) is 74.4 Å². The van der Waals surface area contributed by atoms with Crippen LogP contribution < -0.4 is 21.3 Å². The maximum absolute atomic E-state index is 13.4. The Morgan fingerprint density at radius 3 is 1.87 bits per heavy atom. The van der Waals surface area contributed by atoms with Crippen LogP contribution in [0, 0.1) is 0 Å². The molecule has 0 atom stereocenters. The number of aryl methyl sites for hydroxylation is 2. The average Bonchev–Trinajstić information content (AvgIpc) is 3.68. The molecule has 0 fully saturated rings. The number of nitrogens with zero attached hydrogens (tertiary/aromatic N) is 5. The lowest BCUT2D eigenvalue weighted by Crippen LogP contribution is -2.28. The van der Waals surface area contributed by atoms with Crippen LogP contribution in [0.4, 0.5) is 17.1 Å². The third kappa shape index (κ3) is 8.36. The molecule has 0 saturated carbocycles. The van der Waals surface area contributed by atoms with Crippen molar-refractivity contribution in [1.82, 2.24) is 28.9 Å². The van der Waals surface area contributed by atoms with E-state index >= 15 is 0 Å². The van der Waals surface area contributed by atoms with Crippen molar-refractivity contribution < 1.29 is 19.2 Å². The fourth-order valence-corrected chi connectivity index (χ4v) is 4.97. The number of carbonyl (C=O) groups excluding carboxylic acids is 4. The monoisotopic (exact) mass is 669 g/mol. The molecule has 0 bridgehead atoms. The Kier molecular flexibility index (Phi) is 10.9. The minimum absolute atomic E-state index is 0.0872. The lowest BCUT2D eigenvalue weighted by molar-refractivity contribution is 0.0942. The first-order valence-electron chi connectivity index (χ1n) is 14.5. The van der Waals surface area contributed by atoms with Gasteiger partial charge in [0, 0.05) is 51.5 Å². The number of aromatic nitrogens is 4. The van der Waals surface area contributed by atoms with Gasteiger partial charge in [-0.3, -0.25) is 19.2 Å². The largest absolute Gasteiger partial charge is 0.351 e. The summed E-state index contributed by atoms with van der Waals surface area (Å²) in [5.74, 6) is -1.55. The number of carbonyl (C=O) groups is 4. The summed E-state index contributed by atoms with van der Waals surface area (Å²) < 4.78 is 4.97. The van der Waals surface area contributed by atoms with Crippen LogP contribution in [0.25, 0.3) is 0 Å². The Hall–Kier alpha value is -4.59. The predicted octanol–water partition coefficient (Wildman–Crippen LogP) is 4.89. The SMILES string of the molecule is CC(C)n1cc(NC(=O)c2cc(NC(=O)c3cnc(Cl)c(Cl)c3)cn2C)cc1C(=O)Nc1cc(C(=O)NCCCN(C)C)n(C)c1. The summed E-state index contributed by atoms with van der Waals surface area (Å²) in [5, 5.41) is 11.5. The van der Waals surface area contributed by atoms with E-state index in [-0.39, 0.29) is 33.4 Å². The molecule has 13 nitrogen and oxygen atoms in total. The van der Waals surface area contributed by atoms with Crippen LogP contribution in [0.5, 0.6) is 0 Å². The number of halogens is 2. The fourth-order valence-electron chi connectivity index (χ4n) is 4.70. The molecule has 4 N–H and O–H groups in total. The van der Waals surface area contributed by atoms with E-state index < -0.39 is 17.7 Å². The number of anilines is 3. The normalized spacial score (nSPS) is 11.2. The molecule has 4 aromatic heterocycles. The van der Waals surface area contributed by atoms with Crippen LogP contribution in [0.2, 0.25) is 10.2 Å². The van der Waals surface area contributed by atoms with Gasteiger partial charge in [-0.05, 0) is 65.2 Å². The van der Waals surface area contributed by atoms with Crippen molar-refractivity contribution >= 4 is 63.9 Å². The third-order valence-electron chi connectivity index (χ3n) is 7.01. The van der Waals surface area contributed by atoms with E-state index in [1.165, 1.54) is 18.3 Å². The average molecular weight is 671 g/mol. The third-order valence-corrected chi connectivity index (χ3v) is 7.70. The maximum atomic E-state index is 13.4. The first kappa shape index (κ1) is 34.3. The van der Waals surface area contributed by atoms with E-state index in [9.17, 15) is 19.2 Å². The molecule has 0 spiro atoms. The van der Waals surface area contributed by atoms with E-state index in [1.807, 2.05) is 32.8 Å². The zero-order valence-corrected chi connectivity index (χ0v) is 28.0. The van der Waals surface area contributed by atoms with Crippen molar-refractivity contribution in [2.45, 2.75) is 26.3 Å². The Bertz CT molecular complexity index is 1770. The quantitative estimate of drug-likeness (QED) is 0.125. The van der Waals surface area contributed by atoms with Gasteiger partial charge in [-0.1, -0.05) is 23.2 Å². The molecule has 0 aliphatic rings. The summed E-state index contributed by atoms with van der Waals surface area (Å²) in [6.45, 7) is 5.23. The highest BCUT2D eigenvalue weighted by Crippen LogP contribution is 2.24. The van der Waals surface area contributed by atoms with Crippen molar-refractivity contribution in [1.29, 1.82) is 0 Å². The number of hydrogen-bond donors (Lipinski definition) is 4. The molecular formula is C31H37Cl2N9O4. The van der Waals surface area contributed by atoms with E-state index in [0.29, 0.717) is 35.0 Å². The Labute approximate surface area is 276 Å². The van der Waals surface area contributed by atoms with Gasteiger partial charge in [0.25, 0.3) is 23.6 Å². The van der Waals surface area contributed by atoms with Crippen molar-refractivity contribution in [3.8, 4) is 0 Å². The van der Waals surface area contributed by atoms with Gasteiger partial charge in [0.1, 0.15) is 22.2 Å². The summed E-state index contributed by atoms with van der Waals surface area (Å²) in [5.41, 5.74) is 2.45. The minimum atomic E-state index is -0.473. The Morgan fingerprint density at radius 1 is 0.783 bits per heavy atom. The smallest absolute Gasteiger partial charge is 0.272 e. The highest BCUT2D eigenvalue weighted by atomic mass is 35.5. The van der Waals surface area contributed by atoms with Crippen LogP contribution in [-0.2, 0) is 14.1 Å². The molecule has 0 aliphatic carbocycles. The highest BCUT2D eigenvalue weighted by Gasteiger charge is 2.21. The molecule has 0 radical (unpaired) electrons. The molecule has 46 heavy (non-hydrogen) atoms. The number of nitrogens with one attached hydrogen (secondary N) is 4. The van der Waals surface area contributed by atoms with Crippen LogP contribution in [0.3, 0.4) is 0 Å². The van der Waals surface area contributed by atoms with Crippen molar-refractivity contribution in [2.75, 3.05) is 43.1 Å². The van der Waals surface area contributed by atoms with Crippen LogP contribution in [0.15, 0.2) is 49.1 Å². The number of pyridine rings is 1. The molecular weight excluding hydrogens is 633 g/mol. The molecule has 244 valence electrons. The fraction of sp³-hybridized carbons (Fsp3) is 0.323. The summed E-state index contributed by atoms with van der Waals surface area (Å²) in [6, 6.07) is 6.03. The van der Waals surface area contributed by atoms with Crippen LogP contribution in [0.1, 0.15) is 68.1 Å². The number of hydrogen-bond acceptors (Lipinski definition) is 6. The Balaban J connectivity index is 1.43. The lowest BCUT2D eigenvalue weighted by atomic mass is 10.2. The Morgan fingerprint density at radius 2 is 1.30 bits per heavy atom. The minimum Gasteiger partial charge on any atom is -0.351 e. The second-order valence-electron chi connectivity index (χ2n) is 11.3. The van der Waals surface area contributed by atoms with Gasteiger partial charge < -0.3 is 39.9 Å². The highest BCUT2D eigenvalue weighted by molar-refractivity contribution is 6.41. The number of amides is 4. The molecule has 4 rings (SSSR count). The molecule has 4 aromatic rings. The van der Waals surface area contributed by atoms with Crippen molar-refractivity contribution in [2.24, 2.45) is 14.1 Å². The van der Waals surface area contributed by atoms with Gasteiger partial charge >= 0.3 is 0 Å². The second-order valence-corrected chi connectivity index (χ2v) is 12.1. The van der Waals surface area contributed by atoms with E-state index in [1.54, 1.807) is 58.5 Å². The first-order chi connectivity index (χ1) is 21.7. The molecule has 15 heteroatoms. The second kappa shape index (κ2) is 14.7. The van der Waals surface area contributed by atoms with Gasteiger partial charge in [0.15, 0.2) is 0 Å². The van der Waals surface area contributed by atoms with Gasteiger partial charge in [-0.25, -0.2) is 4.98 Å². The molecule has 0 aromatic carbocycles.